The zero-order chi connectivity index (χ0) is 17.2. The van der Waals surface area contributed by atoms with Gasteiger partial charge in [-0.05, 0) is 36.8 Å². The topological polar surface area (TPSA) is 103 Å². The van der Waals surface area contributed by atoms with E-state index in [4.69, 9.17) is 16.7 Å². The van der Waals surface area contributed by atoms with Gasteiger partial charge in [-0.2, -0.15) is 0 Å². The summed E-state index contributed by atoms with van der Waals surface area (Å²) in [5, 5.41) is 16.7. The molecule has 0 saturated heterocycles. The molecule has 2 aromatic rings. The van der Waals surface area contributed by atoms with Gasteiger partial charge in [0.15, 0.2) is 0 Å². The molecule has 1 atom stereocenters. The van der Waals surface area contributed by atoms with Gasteiger partial charge >= 0.3 is 0 Å². The highest BCUT2D eigenvalue weighted by Gasteiger charge is 2.21. The Kier molecular flexibility index (Phi) is 5.30. The number of rotatable bonds is 5. The summed E-state index contributed by atoms with van der Waals surface area (Å²) in [6.07, 6.45) is 0. The number of primary sulfonamides is 1. The van der Waals surface area contributed by atoms with Crippen LogP contribution >= 0.6 is 23.4 Å². The summed E-state index contributed by atoms with van der Waals surface area (Å²) < 4.78 is 22.7. The first kappa shape index (κ1) is 17.7. The summed E-state index contributed by atoms with van der Waals surface area (Å²) in [4.78, 5) is 10.7. The van der Waals surface area contributed by atoms with Crippen molar-refractivity contribution in [1.82, 2.24) is 0 Å². The number of halogens is 1. The second-order valence-electron chi connectivity index (χ2n) is 4.74. The first-order valence-corrected chi connectivity index (χ1v) is 9.22. The Labute approximate surface area is 142 Å². The van der Waals surface area contributed by atoms with Gasteiger partial charge in [0, 0.05) is 16.3 Å². The van der Waals surface area contributed by atoms with E-state index < -0.39 is 14.9 Å². The van der Waals surface area contributed by atoms with Crippen LogP contribution in [0.25, 0.3) is 0 Å². The van der Waals surface area contributed by atoms with Gasteiger partial charge in [0.05, 0.1) is 14.7 Å². The molecule has 1 unspecified atom stereocenters. The summed E-state index contributed by atoms with van der Waals surface area (Å²) >= 11 is 7.10. The molecule has 0 radical (unpaired) electrons. The third-order valence-electron chi connectivity index (χ3n) is 3.10. The Morgan fingerprint density at radius 1 is 1.22 bits per heavy atom. The van der Waals surface area contributed by atoms with Crippen molar-refractivity contribution in [1.29, 1.82) is 0 Å². The maximum absolute atomic E-state index is 11.3. The van der Waals surface area contributed by atoms with E-state index in [1.54, 1.807) is 12.1 Å². The van der Waals surface area contributed by atoms with E-state index in [2.05, 4.69) is 0 Å². The molecule has 0 bridgehead atoms. The largest absolute Gasteiger partial charge is 0.284 e. The predicted molar refractivity (Wildman–Crippen MR) is 90.2 cm³/mol. The summed E-state index contributed by atoms with van der Waals surface area (Å²) in [5.41, 5.74) is 0.659. The lowest BCUT2D eigenvalue weighted by molar-refractivity contribution is -0.388. The highest BCUT2D eigenvalue weighted by Crippen LogP contribution is 2.40. The standard InChI is InChI=1S/C14H13ClN2O4S2/c1-9(10-2-4-11(15)5-3-10)22-14-7-6-12(23(16,20)21)8-13(14)17(18)19/h2-9H,1H3,(H2,16,20,21). The van der Waals surface area contributed by atoms with Gasteiger partial charge in [-0.1, -0.05) is 23.7 Å². The Morgan fingerprint density at radius 2 is 1.83 bits per heavy atom. The van der Waals surface area contributed by atoms with E-state index in [0.717, 1.165) is 11.6 Å². The van der Waals surface area contributed by atoms with E-state index in [0.29, 0.717) is 9.92 Å². The highest BCUT2D eigenvalue weighted by molar-refractivity contribution is 7.99. The van der Waals surface area contributed by atoms with Crippen LogP contribution in [0.3, 0.4) is 0 Å². The molecule has 6 nitrogen and oxygen atoms in total. The predicted octanol–water partition coefficient (Wildman–Crippen LogP) is 3.75. The number of nitrogens with two attached hydrogens (primary N) is 1. The van der Waals surface area contributed by atoms with Crippen molar-refractivity contribution in [2.24, 2.45) is 5.14 Å². The fourth-order valence-corrected chi connectivity index (χ4v) is 3.64. The minimum Gasteiger partial charge on any atom is -0.258 e. The fraction of sp³-hybridized carbons (Fsp3) is 0.143. The Morgan fingerprint density at radius 3 is 2.35 bits per heavy atom. The van der Waals surface area contributed by atoms with Crippen molar-refractivity contribution >= 4 is 39.1 Å². The highest BCUT2D eigenvalue weighted by atomic mass is 35.5. The average molecular weight is 373 g/mol. The zero-order valence-corrected chi connectivity index (χ0v) is 14.4. The lowest BCUT2D eigenvalue weighted by atomic mass is 10.2. The third-order valence-corrected chi connectivity index (χ3v) is 5.49. The van der Waals surface area contributed by atoms with Crippen LogP contribution in [0.15, 0.2) is 52.3 Å². The number of thioether (sulfide) groups is 1. The van der Waals surface area contributed by atoms with E-state index in [1.807, 2.05) is 19.1 Å². The van der Waals surface area contributed by atoms with Crippen LogP contribution in [0, 0.1) is 10.1 Å². The number of sulfonamides is 1. The minimum atomic E-state index is -3.99. The summed E-state index contributed by atoms with van der Waals surface area (Å²) in [5.74, 6) is 0. The van der Waals surface area contributed by atoms with Gasteiger partial charge in [-0.25, -0.2) is 13.6 Å². The van der Waals surface area contributed by atoms with Crippen molar-refractivity contribution in [3.63, 3.8) is 0 Å². The van der Waals surface area contributed by atoms with Crippen molar-refractivity contribution < 1.29 is 13.3 Å². The molecule has 0 aliphatic heterocycles. The normalized spacial score (nSPS) is 12.8. The maximum atomic E-state index is 11.3. The Balaban J connectivity index is 2.35. The smallest absolute Gasteiger partial charge is 0.258 e. The van der Waals surface area contributed by atoms with E-state index in [1.165, 1.54) is 23.9 Å². The molecule has 2 aromatic carbocycles. The second kappa shape index (κ2) is 6.88. The van der Waals surface area contributed by atoms with Gasteiger partial charge in [-0.3, -0.25) is 10.1 Å². The summed E-state index contributed by atoms with van der Waals surface area (Å²) in [7, 11) is -3.99. The van der Waals surface area contributed by atoms with Crippen LogP contribution in [0.2, 0.25) is 5.02 Å². The summed E-state index contributed by atoms with van der Waals surface area (Å²) in [6.45, 7) is 1.89. The monoisotopic (exact) mass is 372 g/mol. The molecule has 2 N–H and O–H groups in total. The molecule has 0 amide bonds. The Bertz CT molecular complexity index is 838. The lowest BCUT2D eigenvalue weighted by Crippen LogP contribution is -2.12. The summed E-state index contributed by atoms with van der Waals surface area (Å²) in [6, 6.07) is 10.8. The molecule has 0 aromatic heterocycles. The molecule has 122 valence electrons. The van der Waals surface area contributed by atoms with Gasteiger partial charge in [0.25, 0.3) is 5.69 Å². The van der Waals surface area contributed by atoms with Crippen molar-refractivity contribution in [3.8, 4) is 0 Å². The van der Waals surface area contributed by atoms with Crippen LogP contribution in [0.4, 0.5) is 5.69 Å². The second-order valence-corrected chi connectivity index (χ2v) is 8.12. The van der Waals surface area contributed by atoms with E-state index in [9.17, 15) is 18.5 Å². The van der Waals surface area contributed by atoms with E-state index in [-0.39, 0.29) is 15.8 Å². The number of hydrogen-bond donors (Lipinski definition) is 1. The fourth-order valence-electron chi connectivity index (χ4n) is 1.91. The van der Waals surface area contributed by atoms with Crippen LogP contribution in [-0.2, 0) is 10.0 Å². The van der Waals surface area contributed by atoms with E-state index >= 15 is 0 Å². The molecule has 0 aliphatic rings. The molecule has 23 heavy (non-hydrogen) atoms. The molecule has 0 heterocycles. The Hall–Kier alpha value is -1.61. The van der Waals surface area contributed by atoms with Crippen molar-refractivity contribution in [2.75, 3.05) is 0 Å². The molecule has 0 aliphatic carbocycles. The van der Waals surface area contributed by atoms with Gasteiger partial charge < -0.3 is 0 Å². The van der Waals surface area contributed by atoms with Gasteiger partial charge in [-0.15, -0.1) is 11.8 Å². The molecular weight excluding hydrogens is 360 g/mol. The average Bonchev–Trinajstić information content (AvgIpc) is 2.46. The number of benzene rings is 2. The SMILES string of the molecule is CC(Sc1ccc(S(N)(=O)=O)cc1[N+](=O)[O-])c1ccc(Cl)cc1. The van der Waals surface area contributed by atoms with Gasteiger partial charge in [0.2, 0.25) is 10.0 Å². The van der Waals surface area contributed by atoms with Crippen LogP contribution < -0.4 is 5.14 Å². The van der Waals surface area contributed by atoms with Crippen molar-refractivity contribution in [3.05, 3.63) is 63.2 Å². The first-order chi connectivity index (χ1) is 10.7. The van der Waals surface area contributed by atoms with Crippen LogP contribution in [0.5, 0.6) is 0 Å². The van der Waals surface area contributed by atoms with Crippen LogP contribution in [0.1, 0.15) is 17.7 Å². The molecular formula is C14H13ClN2O4S2. The van der Waals surface area contributed by atoms with Crippen molar-refractivity contribution in [2.45, 2.75) is 22.0 Å². The lowest BCUT2D eigenvalue weighted by Gasteiger charge is -2.12. The molecule has 0 saturated carbocycles. The molecule has 0 spiro atoms. The zero-order valence-electron chi connectivity index (χ0n) is 12.0. The number of nitrogens with zero attached hydrogens (tertiary/aromatic N) is 1. The van der Waals surface area contributed by atoms with Crippen LogP contribution in [-0.4, -0.2) is 13.3 Å². The molecule has 9 heteroatoms. The molecule has 0 fully saturated rings. The maximum Gasteiger partial charge on any atom is 0.284 e. The third kappa shape index (κ3) is 4.44. The quantitative estimate of drug-likeness (QED) is 0.489. The number of hydrogen-bond acceptors (Lipinski definition) is 5. The molecule has 2 rings (SSSR count). The first-order valence-electron chi connectivity index (χ1n) is 6.42. The number of nitro benzene ring substituents is 1. The minimum absolute atomic E-state index is 0.0775. The number of nitro groups is 1. The van der Waals surface area contributed by atoms with Gasteiger partial charge in [0.1, 0.15) is 0 Å².